The second-order valence-corrected chi connectivity index (χ2v) is 7.16. The molecule has 3 aliphatic rings. The van der Waals surface area contributed by atoms with Crippen molar-refractivity contribution in [2.45, 2.75) is 65.4 Å². The summed E-state index contributed by atoms with van der Waals surface area (Å²) in [7, 11) is 0. The van der Waals surface area contributed by atoms with Crippen molar-refractivity contribution in [1.29, 1.82) is 0 Å². The number of hydrogen-bond acceptors (Lipinski definition) is 2. The third kappa shape index (κ3) is 1.42. The summed E-state index contributed by atoms with van der Waals surface area (Å²) in [6.07, 6.45) is 7.14. The normalized spacial score (nSPS) is 43.5. The van der Waals surface area contributed by atoms with Gasteiger partial charge in [0.05, 0.1) is 5.92 Å². The van der Waals surface area contributed by atoms with Crippen LogP contribution in [0, 0.1) is 22.7 Å². The third-order valence-corrected chi connectivity index (χ3v) is 6.41. The van der Waals surface area contributed by atoms with Crippen LogP contribution in [0.25, 0.3) is 0 Å². The van der Waals surface area contributed by atoms with Crippen molar-refractivity contribution in [1.82, 2.24) is 0 Å². The molecule has 0 saturated heterocycles. The fraction of sp³-hybridized carbons (Fsp3) is 0.933. The second-order valence-electron chi connectivity index (χ2n) is 7.16. The molecular formula is C15H24O2. The van der Waals surface area contributed by atoms with Crippen molar-refractivity contribution in [2.24, 2.45) is 22.7 Å². The van der Waals surface area contributed by atoms with Crippen LogP contribution in [-0.2, 0) is 9.53 Å². The van der Waals surface area contributed by atoms with Crippen LogP contribution in [0.1, 0.15) is 59.3 Å². The first kappa shape index (κ1) is 11.6. The summed E-state index contributed by atoms with van der Waals surface area (Å²) >= 11 is 0. The Balaban J connectivity index is 1.71. The molecular weight excluding hydrogens is 212 g/mol. The summed E-state index contributed by atoms with van der Waals surface area (Å²) in [5.41, 5.74) is 0.564. The molecule has 0 aliphatic heterocycles. The van der Waals surface area contributed by atoms with Gasteiger partial charge in [-0.15, -0.1) is 0 Å². The van der Waals surface area contributed by atoms with Gasteiger partial charge in [0.25, 0.3) is 0 Å². The highest BCUT2D eigenvalue weighted by Crippen LogP contribution is 2.66. The van der Waals surface area contributed by atoms with E-state index in [0.717, 1.165) is 25.2 Å². The van der Waals surface area contributed by atoms with Gasteiger partial charge in [-0.05, 0) is 43.4 Å². The van der Waals surface area contributed by atoms with E-state index in [1.54, 1.807) is 0 Å². The average Bonchev–Trinajstić information content (AvgIpc) is 2.47. The van der Waals surface area contributed by atoms with Crippen LogP contribution in [0.4, 0.5) is 0 Å². The van der Waals surface area contributed by atoms with Gasteiger partial charge in [-0.2, -0.15) is 0 Å². The van der Waals surface area contributed by atoms with Crippen molar-refractivity contribution < 1.29 is 9.53 Å². The summed E-state index contributed by atoms with van der Waals surface area (Å²) in [6, 6.07) is 0. The Morgan fingerprint density at radius 2 is 1.88 bits per heavy atom. The van der Waals surface area contributed by atoms with E-state index in [2.05, 4.69) is 20.8 Å². The Morgan fingerprint density at radius 1 is 1.18 bits per heavy atom. The third-order valence-electron chi connectivity index (χ3n) is 6.41. The maximum atomic E-state index is 12.0. The number of fused-ring (bicyclic) bond motifs is 2. The molecule has 0 unspecified atom stereocenters. The van der Waals surface area contributed by atoms with Crippen LogP contribution in [0.15, 0.2) is 0 Å². The summed E-state index contributed by atoms with van der Waals surface area (Å²) in [6.45, 7) is 7.06. The molecule has 0 N–H and O–H groups in total. The predicted octanol–water partition coefficient (Wildman–Crippen LogP) is 3.54. The van der Waals surface area contributed by atoms with Crippen molar-refractivity contribution in [2.75, 3.05) is 0 Å². The topological polar surface area (TPSA) is 26.3 Å². The van der Waals surface area contributed by atoms with Gasteiger partial charge in [-0.1, -0.05) is 27.2 Å². The molecule has 0 amide bonds. The minimum absolute atomic E-state index is 0.0887. The molecule has 2 nitrogen and oxygen atoms in total. The Morgan fingerprint density at radius 3 is 2.29 bits per heavy atom. The van der Waals surface area contributed by atoms with Crippen LogP contribution >= 0.6 is 0 Å². The van der Waals surface area contributed by atoms with Gasteiger partial charge in [0.2, 0.25) is 0 Å². The van der Waals surface area contributed by atoms with Crippen LogP contribution < -0.4 is 0 Å². The van der Waals surface area contributed by atoms with Gasteiger partial charge >= 0.3 is 5.97 Å². The molecule has 3 aliphatic carbocycles. The summed E-state index contributed by atoms with van der Waals surface area (Å²) in [4.78, 5) is 12.0. The van der Waals surface area contributed by atoms with E-state index in [1.807, 2.05) is 0 Å². The highest BCUT2D eigenvalue weighted by Gasteiger charge is 2.63. The van der Waals surface area contributed by atoms with Gasteiger partial charge in [0.15, 0.2) is 0 Å². The van der Waals surface area contributed by atoms with Crippen molar-refractivity contribution in [3.8, 4) is 0 Å². The van der Waals surface area contributed by atoms with E-state index in [9.17, 15) is 4.79 Å². The SMILES string of the molecule is CC1(C)[C@H]2CC[C@]1(C)[C@@H](OC(=O)C1CCC1)C2. The average molecular weight is 236 g/mol. The molecule has 3 saturated carbocycles. The Bertz CT molecular complexity index is 343. The Labute approximate surface area is 104 Å². The molecule has 2 bridgehead atoms. The van der Waals surface area contributed by atoms with E-state index in [0.29, 0.717) is 5.41 Å². The maximum Gasteiger partial charge on any atom is 0.309 e. The van der Waals surface area contributed by atoms with Crippen LogP contribution in [0.3, 0.4) is 0 Å². The molecule has 3 rings (SSSR count). The molecule has 0 aromatic rings. The zero-order valence-corrected chi connectivity index (χ0v) is 11.3. The lowest BCUT2D eigenvalue weighted by Gasteiger charge is -2.39. The lowest BCUT2D eigenvalue weighted by molar-refractivity contribution is -0.164. The summed E-state index contributed by atoms with van der Waals surface area (Å²) in [5.74, 6) is 1.07. The lowest BCUT2D eigenvalue weighted by atomic mass is 9.70. The van der Waals surface area contributed by atoms with Gasteiger partial charge in [0, 0.05) is 5.41 Å². The number of carbonyl (C=O) groups is 1. The standard InChI is InChI=1S/C15H24O2/c1-14(2)11-7-8-15(14,3)12(9-11)17-13(16)10-5-4-6-10/h10-12H,4-9H2,1-3H3/t11-,12-,15+/m0/s1. The quantitative estimate of drug-likeness (QED) is 0.685. The first-order valence-corrected chi connectivity index (χ1v) is 7.15. The Kier molecular flexibility index (Phi) is 2.37. The monoisotopic (exact) mass is 236 g/mol. The molecule has 96 valence electrons. The predicted molar refractivity (Wildman–Crippen MR) is 66.5 cm³/mol. The van der Waals surface area contributed by atoms with Crippen molar-refractivity contribution in [3.63, 3.8) is 0 Å². The molecule has 3 fully saturated rings. The number of esters is 1. The smallest absolute Gasteiger partial charge is 0.309 e. The van der Waals surface area contributed by atoms with Gasteiger partial charge in [0.1, 0.15) is 6.10 Å². The van der Waals surface area contributed by atoms with Gasteiger partial charge < -0.3 is 4.74 Å². The van der Waals surface area contributed by atoms with E-state index >= 15 is 0 Å². The van der Waals surface area contributed by atoms with Crippen LogP contribution in [0.5, 0.6) is 0 Å². The number of hydrogen-bond donors (Lipinski definition) is 0. The molecule has 0 heterocycles. The number of ether oxygens (including phenoxy) is 1. The summed E-state index contributed by atoms with van der Waals surface area (Å²) < 4.78 is 5.85. The highest BCUT2D eigenvalue weighted by atomic mass is 16.5. The fourth-order valence-electron chi connectivity index (χ4n) is 4.19. The zero-order valence-electron chi connectivity index (χ0n) is 11.3. The maximum absolute atomic E-state index is 12.0. The number of carbonyl (C=O) groups excluding carboxylic acids is 1. The van der Waals surface area contributed by atoms with Gasteiger partial charge in [-0.25, -0.2) is 0 Å². The largest absolute Gasteiger partial charge is 0.462 e. The lowest BCUT2D eigenvalue weighted by Crippen LogP contribution is -2.40. The first-order valence-electron chi connectivity index (χ1n) is 7.15. The minimum atomic E-state index is 0.0887. The second kappa shape index (κ2) is 3.49. The minimum Gasteiger partial charge on any atom is -0.462 e. The number of rotatable bonds is 2. The summed E-state index contributed by atoms with van der Waals surface area (Å²) in [5, 5.41) is 0. The van der Waals surface area contributed by atoms with E-state index < -0.39 is 0 Å². The van der Waals surface area contributed by atoms with E-state index in [1.165, 1.54) is 19.3 Å². The molecule has 0 spiro atoms. The molecule has 0 radical (unpaired) electrons. The van der Waals surface area contributed by atoms with E-state index in [-0.39, 0.29) is 23.4 Å². The van der Waals surface area contributed by atoms with Crippen LogP contribution in [-0.4, -0.2) is 12.1 Å². The van der Waals surface area contributed by atoms with Crippen LogP contribution in [0.2, 0.25) is 0 Å². The highest BCUT2D eigenvalue weighted by molar-refractivity contribution is 5.73. The zero-order chi connectivity index (χ0) is 12.3. The molecule has 0 aromatic heterocycles. The van der Waals surface area contributed by atoms with Gasteiger partial charge in [-0.3, -0.25) is 4.79 Å². The van der Waals surface area contributed by atoms with Crippen molar-refractivity contribution in [3.05, 3.63) is 0 Å². The molecule has 3 atom stereocenters. The molecule has 17 heavy (non-hydrogen) atoms. The Hall–Kier alpha value is -0.530. The molecule has 2 heteroatoms. The fourth-order valence-corrected chi connectivity index (χ4v) is 4.19. The first-order chi connectivity index (χ1) is 7.95. The molecule has 0 aromatic carbocycles. The van der Waals surface area contributed by atoms with E-state index in [4.69, 9.17) is 4.74 Å². The van der Waals surface area contributed by atoms with Crippen molar-refractivity contribution >= 4 is 5.97 Å².